The van der Waals surface area contributed by atoms with Crippen LogP contribution < -0.4 is 14.8 Å². The van der Waals surface area contributed by atoms with Gasteiger partial charge in [0.25, 0.3) is 11.6 Å². The molecule has 0 spiro atoms. The van der Waals surface area contributed by atoms with Crippen molar-refractivity contribution in [1.29, 1.82) is 0 Å². The number of nitrogens with one attached hydrogen (secondary N) is 1. The van der Waals surface area contributed by atoms with Crippen molar-refractivity contribution >= 4 is 11.6 Å². The van der Waals surface area contributed by atoms with Crippen LogP contribution in [-0.4, -0.2) is 56.1 Å². The van der Waals surface area contributed by atoms with Crippen molar-refractivity contribution in [3.63, 3.8) is 0 Å². The SMILES string of the molecule is CCN(CC)CCNC(=O)c1cc(OC)c(OC)cc1[N+](=O)[O-]. The third-order valence-corrected chi connectivity index (χ3v) is 3.55. The van der Waals surface area contributed by atoms with E-state index in [1.807, 2.05) is 13.8 Å². The highest BCUT2D eigenvalue weighted by Gasteiger charge is 2.24. The summed E-state index contributed by atoms with van der Waals surface area (Å²) in [5.41, 5.74) is -0.366. The average molecular weight is 325 g/mol. The number of ether oxygens (including phenoxy) is 2. The molecule has 23 heavy (non-hydrogen) atoms. The number of amides is 1. The van der Waals surface area contributed by atoms with Gasteiger partial charge in [-0.1, -0.05) is 13.8 Å². The van der Waals surface area contributed by atoms with Crippen LogP contribution in [0.15, 0.2) is 12.1 Å². The largest absolute Gasteiger partial charge is 0.493 e. The second-order valence-electron chi connectivity index (χ2n) is 4.76. The molecule has 0 unspecified atom stereocenters. The summed E-state index contributed by atoms with van der Waals surface area (Å²) < 4.78 is 10.1. The molecule has 0 aliphatic rings. The fraction of sp³-hybridized carbons (Fsp3) is 0.533. The minimum Gasteiger partial charge on any atom is -0.493 e. The standard InChI is InChI=1S/C15H23N3O5/c1-5-17(6-2)8-7-16-15(19)11-9-13(22-3)14(23-4)10-12(11)18(20)21/h9-10H,5-8H2,1-4H3,(H,16,19). The van der Waals surface area contributed by atoms with Crippen LogP contribution in [0.25, 0.3) is 0 Å². The topological polar surface area (TPSA) is 93.9 Å². The molecule has 0 atom stereocenters. The number of nitro groups is 1. The summed E-state index contributed by atoms with van der Waals surface area (Å²) in [7, 11) is 2.79. The number of hydrogen-bond acceptors (Lipinski definition) is 6. The summed E-state index contributed by atoms with van der Waals surface area (Å²) in [5.74, 6) is -0.0318. The number of rotatable bonds is 9. The molecule has 1 aromatic rings. The van der Waals surface area contributed by atoms with E-state index in [1.165, 1.54) is 26.4 Å². The average Bonchev–Trinajstić information content (AvgIpc) is 2.57. The zero-order chi connectivity index (χ0) is 17.4. The summed E-state index contributed by atoms with van der Waals surface area (Å²) in [6.45, 7) is 6.91. The fourth-order valence-electron chi connectivity index (χ4n) is 2.16. The molecule has 0 saturated heterocycles. The second kappa shape index (κ2) is 8.94. The maximum absolute atomic E-state index is 12.3. The Morgan fingerprint density at radius 1 is 1.22 bits per heavy atom. The molecule has 1 N–H and O–H groups in total. The van der Waals surface area contributed by atoms with Crippen molar-refractivity contribution in [3.05, 3.63) is 27.8 Å². The molecule has 1 aromatic carbocycles. The van der Waals surface area contributed by atoms with Gasteiger partial charge in [0.15, 0.2) is 11.5 Å². The van der Waals surface area contributed by atoms with Gasteiger partial charge >= 0.3 is 0 Å². The first-order chi connectivity index (χ1) is 11.0. The van der Waals surface area contributed by atoms with E-state index in [1.54, 1.807) is 0 Å². The van der Waals surface area contributed by atoms with E-state index >= 15 is 0 Å². The lowest BCUT2D eigenvalue weighted by molar-refractivity contribution is -0.385. The predicted molar refractivity (Wildman–Crippen MR) is 86.3 cm³/mol. The Bertz CT molecular complexity index is 558. The minimum absolute atomic E-state index is 0.0489. The smallest absolute Gasteiger partial charge is 0.286 e. The molecule has 1 rings (SSSR count). The van der Waals surface area contributed by atoms with Gasteiger partial charge in [-0.2, -0.15) is 0 Å². The number of methoxy groups -OCH3 is 2. The van der Waals surface area contributed by atoms with Crippen LogP contribution in [0.1, 0.15) is 24.2 Å². The fourth-order valence-corrected chi connectivity index (χ4v) is 2.16. The summed E-state index contributed by atoms with van der Waals surface area (Å²) in [5, 5.41) is 13.9. The molecule has 0 saturated carbocycles. The molecule has 0 radical (unpaired) electrons. The van der Waals surface area contributed by atoms with Gasteiger partial charge < -0.3 is 19.7 Å². The Labute approximate surface area is 135 Å². The van der Waals surface area contributed by atoms with E-state index in [4.69, 9.17) is 9.47 Å². The molecule has 0 aliphatic heterocycles. The Morgan fingerprint density at radius 3 is 2.26 bits per heavy atom. The molecule has 128 valence electrons. The maximum atomic E-state index is 12.3. The van der Waals surface area contributed by atoms with Crippen molar-refractivity contribution in [2.45, 2.75) is 13.8 Å². The third-order valence-electron chi connectivity index (χ3n) is 3.55. The van der Waals surface area contributed by atoms with Crippen molar-refractivity contribution in [3.8, 4) is 11.5 Å². The molecular formula is C15H23N3O5. The van der Waals surface area contributed by atoms with E-state index < -0.39 is 10.8 Å². The van der Waals surface area contributed by atoms with Crippen LogP contribution >= 0.6 is 0 Å². The molecular weight excluding hydrogens is 302 g/mol. The van der Waals surface area contributed by atoms with Gasteiger partial charge in [0.2, 0.25) is 0 Å². The first-order valence-corrected chi connectivity index (χ1v) is 7.39. The molecule has 0 fully saturated rings. The molecule has 0 heterocycles. The predicted octanol–water partition coefficient (Wildman–Crippen LogP) is 1.68. The third kappa shape index (κ3) is 4.82. The number of nitro benzene ring substituents is 1. The van der Waals surface area contributed by atoms with Gasteiger partial charge in [-0.25, -0.2) is 0 Å². The van der Waals surface area contributed by atoms with Gasteiger partial charge in [0, 0.05) is 19.2 Å². The summed E-state index contributed by atoms with van der Waals surface area (Å²) in [6, 6.07) is 2.52. The van der Waals surface area contributed by atoms with Crippen molar-refractivity contribution in [1.82, 2.24) is 10.2 Å². The maximum Gasteiger partial charge on any atom is 0.286 e. The van der Waals surface area contributed by atoms with Crippen LogP contribution in [0.5, 0.6) is 11.5 Å². The van der Waals surface area contributed by atoms with E-state index in [9.17, 15) is 14.9 Å². The van der Waals surface area contributed by atoms with E-state index in [2.05, 4.69) is 10.2 Å². The zero-order valence-electron chi connectivity index (χ0n) is 13.9. The highest BCUT2D eigenvalue weighted by Crippen LogP contribution is 2.34. The number of hydrogen-bond donors (Lipinski definition) is 1. The highest BCUT2D eigenvalue weighted by molar-refractivity contribution is 5.99. The van der Waals surface area contributed by atoms with E-state index in [-0.39, 0.29) is 22.7 Å². The lowest BCUT2D eigenvalue weighted by atomic mass is 10.1. The Balaban J connectivity index is 2.96. The first kappa shape index (κ1) is 18.7. The minimum atomic E-state index is -0.610. The van der Waals surface area contributed by atoms with Gasteiger partial charge in [-0.15, -0.1) is 0 Å². The summed E-state index contributed by atoms with van der Waals surface area (Å²) >= 11 is 0. The number of carbonyl (C=O) groups is 1. The molecule has 1 amide bonds. The molecule has 0 aromatic heterocycles. The van der Waals surface area contributed by atoms with Gasteiger partial charge in [-0.05, 0) is 13.1 Å². The van der Waals surface area contributed by atoms with Crippen LogP contribution in [0.2, 0.25) is 0 Å². The van der Waals surface area contributed by atoms with Crippen LogP contribution in [0.3, 0.4) is 0 Å². The number of benzene rings is 1. The molecule has 8 nitrogen and oxygen atoms in total. The second-order valence-corrected chi connectivity index (χ2v) is 4.76. The Kier molecular flexibility index (Phi) is 7.27. The molecule has 8 heteroatoms. The van der Waals surface area contributed by atoms with Gasteiger partial charge in [0.05, 0.1) is 25.2 Å². The van der Waals surface area contributed by atoms with Crippen LogP contribution in [0, 0.1) is 10.1 Å². The van der Waals surface area contributed by atoms with E-state index in [0.717, 1.165) is 13.1 Å². The Hall–Kier alpha value is -2.35. The number of likely N-dealkylation sites (N-methyl/N-ethyl adjacent to an activating group) is 1. The number of carbonyl (C=O) groups excluding carboxylic acids is 1. The van der Waals surface area contributed by atoms with Crippen LogP contribution in [-0.2, 0) is 0 Å². The lowest BCUT2D eigenvalue weighted by Crippen LogP contribution is -2.35. The summed E-state index contributed by atoms with van der Waals surface area (Å²) in [4.78, 5) is 25.0. The van der Waals surface area contributed by atoms with Gasteiger partial charge in [0.1, 0.15) is 5.56 Å². The zero-order valence-corrected chi connectivity index (χ0v) is 13.9. The monoisotopic (exact) mass is 325 g/mol. The first-order valence-electron chi connectivity index (χ1n) is 7.39. The van der Waals surface area contributed by atoms with E-state index in [0.29, 0.717) is 13.1 Å². The molecule has 0 bridgehead atoms. The lowest BCUT2D eigenvalue weighted by Gasteiger charge is -2.18. The highest BCUT2D eigenvalue weighted by atomic mass is 16.6. The van der Waals surface area contributed by atoms with Crippen molar-refractivity contribution in [2.24, 2.45) is 0 Å². The van der Waals surface area contributed by atoms with Gasteiger partial charge in [-0.3, -0.25) is 14.9 Å². The quantitative estimate of drug-likeness (QED) is 0.548. The van der Waals surface area contributed by atoms with Crippen molar-refractivity contribution in [2.75, 3.05) is 40.4 Å². The Morgan fingerprint density at radius 2 is 1.78 bits per heavy atom. The normalized spacial score (nSPS) is 10.5. The number of nitrogens with zero attached hydrogens (tertiary/aromatic N) is 2. The van der Waals surface area contributed by atoms with Crippen molar-refractivity contribution < 1.29 is 19.2 Å². The molecule has 0 aliphatic carbocycles. The summed E-state index contributed by atoms with van der Waals surface area (Å²) in [6.07, 6.45) is 0. The van der Waals surface area contributed by atoms with Crippen LogP contribution in [0.4, 0.5) is 5.69 Å².